The summed E-state index contributed by atoms with van der Waals surface area (Å²) in [7, 11) is 0. The van der Waals surface area contributed by atoms with E-state index in [-0.39, 0.29) is 11.4 Å². The summed E-state index contributed by atoms with van der Waals surface area (Å²) >= 11 is 0. The average molecular weight is 529 g/mol. The molecule has 38 heavy (non-hydrogen) atoms. The zero-order chi connectivity index (χ0) is 28.6. The minimum Gasteiger partial charge on any atom is -0.342 e. The van der Waals surface area contributed by atoms with Gasteiger partial charge < -0.3 is 4.90 Å². The zero-order valence-corrected chi connectivity index (χ0v) is 26.7. The van der Waals surface area contributed by atoms with Gasteiger partial charge in [0.05, 0.1) is 0 Å². The topological polar surface area (TPSA) is 30.0 Å². The molecule has 3 heterocycles. The fraction of sp³-hybridized carbons (Fsp3) is 0.788. The second-order valence-corrected chi connectivity index (χ2v) is 14.3. The number of carbonyl (C=O) groups is 1. The molecule has 0 aromatic heterocycles. The van der Waals surface area contributed by atoms with Gasteiger partial charge in [0.2, 0.25) is 5.91 Å². The van der Waals surface area contributed by atoms with Crippen LogP contribution in [0.3, 0.4) is 0 Å². The van der Waals surface area contributed by atoms with E-state index in [9.17, 15) is 4.79 Å². The van der Waals surface area contributed by atoms with Crippen molar-refractivity contribution in [3.8, 4) is 0 Å². The van der Waals surface area contributed by atoms with Gasteiger partial charge in [-0.15, -0.1) is 0 Å². The number of benzene rings is 1. The minimum absolute atomic E-state index is 0.209. The fourth-order valence-electron chi connectivity index (χ4n) is 5.54. The first-order valence-corrected chi connectivity index (χ1v) is 15.2. The lowest BCUT2D eigenvalue weighted by Gasteiger charge is -2.39. The minimum atomic E-state index is 0.209. The van der Waals surface area contributed by atoms with Crippen molar-refractivity contribution in [3.63, 3.8) is 0 Å². The predicted octanol–water partition coefficient (Wildman–Crippen LogP) is 6.45. The van der Waals surface area contributed by atoms with Crippen LogP contribution >= 0.6 is 0 Å². The van der Waals surface area contributed by atoms with Gasteiger partial charge in [-0.2, -0.15) is 0 Å². The molecule has 5 heteroatoms. The first-order chi connectivity index (χ1) is 17.6. The van der Waals surface area contributed by atoms with Crippen LogP contribution in [0.4, 0.5) is 0 Å². The molecule has 0 atom stereocenters. The third kappa shape index (κ3) is 11.0. The van der Waals surface area contributed by atoms with Crippen molar-refractivity contribution in [2.45, 2.75) is 125 Å². The van der Waals surface area contributed by atoms with E-state index < -0.39 is 0 Å². The number of likely N-dealkylation sites (tertiary alicyclic amines) is 1. The van der Waals surface area contributed by atoms with Crippen LogP contribution in [0.25, 0.3) is 0 Å². The van der Waals surface area contributed by atoms with Crippen molar-refractivity contribution in [2.24, 2.45) is 0 Å². The van der Waals surface area contributed by atoms with E-state index in [2.05, 4.69) is 101 Å². The lowest BCUT2D eigenvalue weighted by Crippen LogP contribution is -2.44. The molecule has 0 unspecified atom stereocenters. The number of nitrogens with zero attached hydrogens (tertiary/aromatic N) is 4. The van der Waals surface area contributed by atoms with Crippen molar-refractivity contribution < 1.29 is 4.79 Å². The molecule has 1 amide bonds. The summed E-state index contributed by atoms with van der Waals surface area (Å²) in [4.78, 5) is 20.8. The van der Waals surface area contributed by atoms with Crippen LogP contribution in [0, 0.1) is 0 Å². The van der Waals surface area contributed by atoms with E-state index in [1.54, 1.807) is 6.92 Å². The molecule has 1 aromatic carbocycles. The van der Waals surface area contributed by atoms with Crippen molar-refractivity contribution in [3.05, 3.63) is 35.4 Å². The zero-order valence-electron chi connectivity index (χ0n) is 26.7. The Balaban J connectivity index is 0.000000204. The monoisotopic (exact) mass is 528 g/mol. The molecule has 0 N–H and O–H groups in total. The molecule has 0 bridgehead atoms. The summed E-state index contributed by atoms with van der Waals surface area (Å²) in [5.74, 6) is 0.209. The van der Waals surface area contributed by atoms with Crippen LogP contribution in [0.2, 0.25) is 0 Å². The lowest BCUT2D eigenvalue weighted by molar-refractivity contribution is -0.128. The van der Waals surface area contributed by atoms with Gasteiger partial charge in [-0.3, -0.25) is 19.5 Å². The highest BCUT2D eigenvalue weighted by Gasteiger charge is 2.26. The SMILES string of the molecule is CC(=O)N1CCCN(C(C)(C)C)CC1.CC(C)(C)N1CCCCC1.CC(C)(C)N1CCc2ccccc2C1. The highest BCUT2D eigenvalue weighted by molar-refractivity contribution is 5.73. The van der Waals surface area contributed by atoms with E-state index in [1.807, 2.05) is 4.90 Å². The van der Waals surface area contributed by atoms with Crippen molar-refractivity contribution in [1.29, 1.82) is 0 Å². The van der Waals surface area contributed by atoms with E-state index >= 15 is 0 Å². The molecular weight excluding hydrogens is 468 g/mol. The van der Waals surface area contributed by atoms with Gasteiger partial charge in [-0.05, 0) is 112 Å². The lowest BCUT2D eigenvalue weighted by atomic mass is 9.95. The summed E-state index contributed by atoms with van der Waals surface area (Å²) in [5.41, 5.74) is 3.97. The molecule has 3 aliphatic heterocycles. The second kappa shape index (κ2) is 14.3. The maximum Gasteiger partial charge on any atom is 0.219 e. The van der Waals surface area contributed by atoms with Crippen LogP contribution in [-0.2, 0) is 17.8 Å². The molecule has 3 aliphatic rings. The number of rotatable bonds is 0. The molecule has 2 saturated heterocycles. The Labute approximate surface area is 235 Å². The number of fused-ring (bicyclic) bond motifs is 1. The van der Waals surface area contributed by atoms with Crippen LogP contribution in [0.15, 0.2) is 24.3 Å². The van der Waals surface area contributed by atoms with Gasteiger partial charge in [0.25, 0.3) is 0 Å². The maximum atomic E-state index is 11.2. The fourth-order valence-corrected chi connectivity index (χ4v) is 5.54. The molecule has 1 aromatic rings. The van der Waals surface area contributed by atoms with Crippen molar-refractivity contribution in [2.75, 3.05) is 45.8 Å². The Morgan fingerprint density at radius 2 is 1.08 bits per heavy atom. The third-order valence-corrected chi connectivity index (χ3v) is 8.27. The summed E-state index contributed by atoms with van der Waals surface area (Å²) in [6, 6.07) is 8.80. The number of hydrogen-bond donors (Lipinski definition) is 0. The Morgan fingerprint density at radius 3 is 1.58 bits per heavy atom. The Morgan fingerprint density at radius 1 is 0.579 bits per heavy atom. The van der Waals surface area contributed by atoms with Gasteiger partial charge in [0.1, 0.15) is 0 Å². The van der Waals surface area contributed by atoms with Crippen LogP contribution in [-0.4, -0.2) is 87.9 Å². The van der Waals surface area contributed by atoms with Crippen molar-refractivity contribution >= 4 is 5.91 Å². The maximum absolute atomic E-state index is 11.2. The Kier molecular flexibility index (Phi) is 12.3. The smallest absolute Gasteiger partial charge is 0.219 e. The van der Waals surface area contributed by atoms with Crippen LogP contribution in [0.1, 0.15) is 106 Å². The number of hydrogen-bond acceptors (Lipinski definition) is 4. The molecule has 0 aliphatic carbocycles. The molecule has 5 nitrogen and oxygen atoms in total. The molecular formula is C33H60N4O. The van der Waals surface area contributed by atoms with E-state index in [4.69, 9.17) is 0 Å². The molecule has 218 valence electrons. The Bertz CT molecular complexity index is 840. The van der Waals surface area contributed by atoms with E-state index in [0.717, 1.165) is 39.1 Å². The Hall–Kier alpha value is -1.43. The summed E-state index contributed by atoms with van der Waals surface area (Å²) < 4.78 is 0. The molecule has 2 fully saturated rings. The molecule has 4 rings (SSSR count). The summed E-state index contributed by atoms with van der Waals surface area (Å²) in [5, 5.41) is 0. The highest BCUT2D eigenvalue weighted by atomic mass is 16.2. The normalized spacial score (nSPS) is 20.3. The van der Waals surface area contributed by atoms with E-state index in [0.29, 0.717) is 11.1 Å². The van der Waals surface area contributed by atoms with Gasteiger partial charge in [0, 0.05) is 62.8 Å². The predicted molar refractivity (Wildman–Crippen MR) is 164 cm³/mol. The largest absolute Gasteiger partial charge is 0.342 e. The van der Waals surface area contributed by atoms with Gasteiger partial charge in [0.15, 0.2) is 0 Å². The molecule has 0 radical (unpaired) electrons. The third-order valence-electron chi connectivity index (χ3n) is 8.27. The van der Waals surface area contributed by atoms with Gasteiger partial charge >= 0.3 is 0 Å². The number of piperidine rings is 1. The first-order valence-electron chi connectivity index (χ1n) is 15.2. The van der Waals surface area contributed by atoms with Crippen LogP contribution in [0.5, 0.6) is 0 Å². The quantitative estimate of drug-likeness (QED) is 0.387. The molecule has 0 spiro atoms. The average Bonchev–Trinajstić information content (AvgIpc) is 3.11. The standard InChI is InChI=1S/C13H19N.C11H22N2O.C9H19N/c1-13(2,3)14-9-8-11-6-4-5-7-12(11)10-14;1-10(14)12-6-5-7-13(9-8-12)11(2,3)4;1-9(2,3)10-7-5-4-6-8-10/h4-7H,8-10H2,1-3H3;5-9H2,1-4H3;4-8H2,1-3H3. The number of amides is 1. The molecule has 0 saturated carbocycles. The summed E-state index contributed by atoms with van der Waals surface area (Å²) in [6.45, 7) is 31.0. The van der Waals surface area contributed by atoms with E-state index in [1.165, 1.54) is 56.4 Å². The van der Waals surface area contributed by atoms with Gasteiger partial charge in [-0.25, -0.2) is 0 Å². The first kappa shape index (κ1) is 32.8. The highest BCUT2D eigenvalue weighted by Crippen LogP contribution is 2.24. The second-order valence-electron chi connectivity index (χ2n) is 14.3. The number of carbonyl (C=O) groups excluding carboxylic acids is 1. The summed E-state index contributed by atoms with van der Waals surface area (Å²) in [6.07, 6.45) is 6.53. The van der Waals surface area contributed by atoms with Crippen LogP contribution < -0.4 is 0 Å². The van der Waals surface area contributed by atoms with Crippen molar-refractivity contribution in [1.82, 2.24) is 19.6 Å². The van der Waals surface area contributed by atoms with Gasteiger partial charge in [-0.1, -0.05) is 30.7 Å².